The van der Waals surface area contributed by atoms with Gasteiger partial charge in [0.2, 0.25) is 0 Å². The molecule has 0 aliphatic carbocycles. The van der Waals surface area contributed by atoms with Crippen molar-refractivity contribution < 1.29 is 19.4 Å². The normalized spacial score (nSPS) is 19.1. The highest BCUT2D eigenvalue weighted by Crippen LogP contribution is 2.12. The zero-order chi connectivity index (χ0) is 18.1. The summed E-state index contributed by atoms with van der Waals surface area (Å²) in [5, 5.41) is 12.0. The molecule has 0 aromatic heterocycles. The Kier molecular flexibility index (Phi) is 7.73. The molecule has 2 rings (SSSR count). The summed E-state index contributed by atoms with van der Waals surface area (Å²) in [6.45, 7) is 3.98. The quantitative estimate of drug-likeness (QED) is 0.794. The standard InChI is InChI=1S/C19H28N2O4/c1-2-17-14-21(11-6-12-25-17)19(24)20-16(9-10-18(22)23)13-15-7-4-3-5-8-15/h3-5,7-8,16-17H,2,6,9-14H2,1H3,(H,20,24)(H,22,23). The second-order valence-corrected chi connectivity index (χ2v) is 6.47. The Morgan fingerprint density at radius 1 is 1.36 bits per heavy atom. The van der Waals surface area contributed by atoms with Crippen molar-refractivity contribution in [3.05, 3.63) is 35.9 Å². The van der Waals surface area contributed by atoms with E-state index in [1.807, 2.05) is 30.3 Å². The Bertz CT molecular complexity index is 550. The number of carboxylic acids is 1. The third-order valence-corrected chi connectivity index (χ3v) is 4.45. The number of hydrogen-bond acceptors (Lipinski definition) is 3. The predicted molar refractivity (Wildman–Crippen MR) is 95.6 cm³/mol. The Morgan fingerprint density at radius 2 is 2.12 bits per heavy atom. The number of urea groups is 1. The van der Waals surface area contributed by atoms with Crippen LogP contribution in [-0.2, 0) is 16.0 Å². The van der Waals surface area contributed by atoms with E-state index in [1.165, 1.54) is 0 Å². The van der Waals surface area contributed by atoms with Crippen LogP contribution in [0.3, 0.4) is 0 Å². The van der Waals surface area contributed by atoms with Crippen LogP contribution in [0.4, 0.5) is 4.79 Å². The van der Waals surface area contributed by atoms with Gasteiger partial charge in [0.25, 0.3) is 0 Å². The topological polar surface area (TPSA) is 78.9 Å². The molecule has 1 aliphatic heterocycles. The highest BCUT2D eigenvalue weighted by atomic mass is 16.5. The maximum atomic E-state index is 12.7. The van der Waals surface area contributed by atoms with Gasteiger partial charge in [0, 0.05) is 32.2 Å². The third kappa shape index (κ3) is 6.74. The Labute approximate surface area is 149 Å². The molecule has 0 bridgehead atoms. The van der Waals surface area contributed by atoms with E-state index in [9.17, 15) is 9.59 Å². The maximum Gasteiger partial charge on any atom is 0.317 e. The molecule has 1 aliphatic rings. The van der Waals surface area contributed by atoms with Gasteiger partial charge in [-0.15, -0.1) is 0 Å². The SMILES string of the molecule is CCC1CN(C(=O)NC(CCC(=O)O)Cc2ccccc2)CCCO1. The van der Waals surface area contributed by atoms with Gasteiger partial charge in [-0.1, -0.05) is 37.3 Å². The summed E-state index contributed by atoms with van der Waals surface area (Å²) in [7, 11) is 0. The molecule has 2 unspecified atom stereocenters. The lowest BCUT2D eigenvalue weighted by Crippen LogP contribution is -2.47. The first-order chi connectivity index (χ1) is 12.1. The van der Waals surface area contributed by atoms with Crippen molar-refractivity contribution in [3.8, 4) is 0 Å². The molecule has 1 saturated heterocycles. The number of carboxylic acid groups (broad SMARTS) is 1. The van der Waals surface area contributed by atoms with Crippen molar-refractivity contribution in [3.63, 3.8) is 0 Å². The lowest BCUT2D eigenvalue weighted by molar-refractivity contribution is -0.137. The van der Waals surface area contributed by atoms with E-state index in [0.29, 0.717) is 32.5 Å². The smallest absolute Gasteiger partial charge is 0.317 e. The van der Waals surface area contributed by atoms with Crippen LogP contribution < -0.4 is 5.32 Å². The van der Waals surface area contributed by atoms with Crippen molar-refractivity contribution in [1.29, 1.82) is 0 Å². The summed E-state index contributed by atoms with van der Waals surface area (Å²) in [4.78, 5) is 25.4. The van der Waals surface area contributed by atoms with E-state index in [2.05, 4.69) is 12.2 Å². The third-order valence-electron chi connectivity index (χ3n) is 4.45. The average Bonchev–Trinajstić information content (AvgIpc) is 2.86. The summed E-state index contributed by atoms with van der Waals surface area (Å²) in [6, 6.07) is 9.49. The summed E-state index contributed by atoms with van der Waals surface area (Å²) >= 11 is 0. The molecule has 1 aromatic carbocycles. The number of benzene rings is 1. The zero-order valence-corrected chi connectivity index (χ0v) is 14.8. The molecular weight excluding hydrogens is 320 g/mol. The molecule has 0 radical (unpaired) electrons. The number of rotatable bonds is 7. The first-order valence-electron chi connectivity index (χ1n) is 9.01. The Balaban J connectivity index is 1.98. The maximum absolute atomic E-state index is 12.7. The fourth-order valence-electron chi connectivity index (χ4n) is 3.01. The Hall–Kier alpha value is -2.08. The molecule has 2 amide bonds. The molecule has 138 valence electrons. The van der Waals surface area contributed by atoms with Crippen LogP contribution >= 0.6 is 0 Å². The van der Waals surface area contributed by atoms with Crippen molar-refractivity contribution in [2.75, 3.05) is 19.7 Å². The van der Waals surface area contributed by atoms with Crippen LogP contribution in [0.1, 0.15) is 38.2 Å². The van der Waals surface area contributed by atoms with Crippen LogP contribution in [0.2, 0.25) is 0 Å². The molecule has 6 heteroatoms. The Morgan fingerprint density at radius 3 is 2.80 bits per heavy atom. The monoisotopic (exact) mass is 348 g/mol. The van der Waals surface area contributed by atoms with Crippen LogP contribution in [0, 0.1) is 0 Å². The van der Waals surface area contributed by atoms with E-state index in [4.69, 9.17) is 9.84 Å². The second kappa shape index (κ2) is 10.0. The molecular formula is C19H28N2O4. The second-order valence-electron chi connectivity index (χ2n) is 6.47. The van der Waals surface area contributed by atoms with Gasteiger partial charge < -0.3 is 20.1 Å². The predicted octanol–water partition coefficient (Wildman–Crippen LogP) is 2.67. The first kappa shape index (κ1) is 19.2. The number of ether oxygens (including phenoxy) is 1. The van der Waals surface area contributed by atoms with Gasteiger partial charge in [-0.05, 0) is 31.2 Å². The van der Waals surface area contributed by atoms with Gasteiger partial charge in [-0.25, -0.2) is 4.79 Å². The van der Waals surface area contributed by atoms with Gasteiger partial charge in [-0.3, -0.25) is 4.79 Å². The molecule has 6 nitrogen and oxygen atoms in total. The molecule has 1 aromatic rings. The summed E-state index contributed by atoms with van der Waals surface area (Å²) in [5.74, 6) is -0.846. The minimum Gasteiger partial charge on any atom is -0.481 e. The van der Waals surface area contributed by atoms with Gasteiger partial charge in [0.05, 0.1) is 6.10 Å². The molecule has 1 fully saturated rings. The number of nitrogens with one attached hydrogen (secondary N) is 1. The number of carbonyl (C=O) groups excluding carboxylic acids is 1. The van der Waals surface area contributed by atoms with Gasteiger partial charge in [0.1, 0.15) is 0 Å². The molecule has 2 N–H and O–H groups in total. The minimum absolute atomic E-state index is 0.0402. The average molecular weight is 348 g/mol. The molecule has 25 heavy (non-hydrogen) atoms. The highest BCUT2D eigenvalue weighted by molar-refractivity contribution is 5.74. The number of hydrogen-bond donors (Lipinski definition) is 2. The number of amides is 2. The van der Waals surface area contributed by atoms with Crippen molar-refractivity contribution in [2.24, 2.45) is 0 Å². The number of aliphatic carboxylic acids is 1. The number of nitrogens with zero attached hydrogens (tertiary/aromatic N) is 1. The van der Waals surface area contributed by atoms with E-state index in [0.717, 1.165) is 18.4 Å². The van der Waals surface area contributed by atoms with E-state index >= 15 is 0 Å². The van der Waals surface area contributed by atoms with Crippen molar-refractivity contribution in [2.45, 2.75) is 51.2 Å². The zero-order valence-electron chi connectivity index (χ0n) is 14.8. The highest BCUT2D eigenvalue weighted by Gasteiger charge is 2.23. The van der Waals surface area contributed by atoms with Crippen LogP contribution in [0.5, 0.6) is 0 Å². The largest absolute Gasteiger partial charge is 0.481 e. The molecule has 2 atom stereocenters. The summed E-state index contributed by atoms with van der Waals surface area (Å²) < 4.78 is 5.71. The van der Waals surface area contributed by atoms with Gasteiger partial charge >= 0.3 is 12.0 Å². The lowest BCUT2D eigenvalue weighted by Gasteiger charge is -2.27. The van der Waals surface area contributed by atoms with Gasteiger partial charge in [-0.2, -0.15) is 0 Å². The fraction of sp³-hybridized carbons (Fsp3) is 0.579. The van der Waals surface area contributed by atoms with Crippen molar-refractivity contribution in [1.82, 2.24) is 10.2 Å². The minimum atomic E-state index is -0.846. The van der Waals surface area contributed by atoms with Crippen molar-refractivity contribution >= 4 is 12.0 Å². The molecule has 1 heterocycles. The fourth-order valence-corrected chi connectivity index (χ4v) is 3.01. The lowest BCUT2D eigenvalue weighted by atomic mass is 10.0. The number of carbonyl (C=O) groups is 2. The van der Waals surface area contributed by atoms with Gasteiger partial charge in [0.15, 0.2) is 0 Å². The van der Waals surface area contributed by atoms with Crippen LogP contribution in [-0.4, -0.2) is 53.8 Å². The molecule has 0 saturated carbocycles. The summed E-state index contributed by atoms with van der Waals surface area (Å²) in [6.07, 6.45) is 2.84. The van der Waals surface area contributed by atoms with Crippen LogP contribution in [0.15, 0.2) is 30.3 Å². The summed E-state index contributed by atoms with van der Waals surface area (Å²) in [5.41, 5.74) is 1.09. The van der Waals surface area contributed by atoms with Crippen LogP contribution in [0.25, 0.3) is 0 Å². The first-order valence-corrected chi connectivity index (χ1v) is 9.01. The van der Waals surface area contributed by atoms with E-state index in [-0.39, 0.29) is 24.6 Å². The van der Waals surface area contributed by atoms with E-state index < -0.39 is 5.97 Å². The van der Waals surface area contributed by atoms with E-state index in [1.54, 1.807) is 4.90 Å². The molecule has 0 spiro atoms.